The Kier molecular flexibility index (Phi) is 5.98. The molecule has 10 rings (SSSR count). The van der Waals surface area contributed by atoms with E-state index in [-0.39, 0.29) is 0 Å². The minimum Gasteiger partial charge on any atom is -0.0616 e. The van der Waals surface area contributed by atoms with Crippen molar-refractivity contribution < 1.29 is 0 Å². The van der Waals surface area contributed by atoms with Crippen molar-refractivity contribution in [2.24, 2.45) is 0 Å². The van der Waals surface area contributed by atoms with Crippen LogP contribution in [0.15, 0.2) is 182 Å². The quantitative estimate of drug-likeness (QED) is 0.138. The molecule has 0 saturated heterocycles. The highest BCUT2D eigenvalue weighted by Crippen LogP contribution is 2.41. The summed E-state index contributed by atoms with van der Waals surface area (Å²) < 4.78 is 0. The van der Waals surface area contributed by atoms with Crippen molar-refractivity contribution in [2.45, 2.75) is 0 Å². The lowest BCUT2D eigenvalue weighted by Crippen LogP contribution is -1.88. The summed E-state index contributed by atoms with van der Waals surface area (Å²) in [6, 6.07) is 67.1. The van der Waals surface area contributed by atoms with Gasteiger partial charge in [-0.3, -0.25) is 0 Å². The molecule has 0 amide bonds. The maximum absolute atomic E-state index is 2.36. The van der Waals surface area contributed by atoms with Crippen molar-refractivity contribution in [3.63, 3.8) is 0 Å². The summed E-state index contributed by atoms with van der Waals surface area (Å²) in [5, 5.41) is 13.0. The van der Waals surface area contributed by atoms with Crippen molar-refractivity contribution in [3.8, 4) is 44.5 Å². The third-order valence-electron chi connectivity index (χ3n) is 10.2. The van der Waals surface area contributed by atoms with Gasteiger partial charge in [0.1, 0.15) is 0 Å². The predicted octanol–water partition coefficient (Wildman–Crippen LogP) is 13.6. The maximum atomic E-state index is 2.36. The molecule has 0 heterocycles. The van der Waals surface area contributed by atoms with Crippen LogP contribution in [0.25, 0.3) is 98.4 Å². The van der Waals surface area contributed by atoms with Gasteiger partial charge in [-0.05, 0) is 123 Å². The van der Waals surface area contributed by atoms with Crippen LogP contribution in [0, 0.1) is 0 Å². The fourth-order valence-corrected chi connectivity index (χ4v) is 7.91. The smallest absolute Gasteiger partial charge is 0.00206 e. The van der Waals surface area contributed by atoms with E-state index in [1.807, 2.05) is 0 Å². The Morgan fingerprint density at radius 1 is 0.229 bits per heavy atom. The number of benzene rings is 10. The van der Waals surface area contributed by atoms with Crippen LogP contribution in [-0.2, 0) is 0 Å². The Morgan fingerprint density at radius 3 is 1.31 bits per heavy atom. The second kappa shape index (κ2) is 10.7. The first kappa shape index (κ1) is 26.9. The standard InChI is InChI=1S/C48H30/c1-3-19-43-39(9-1)30-40-10-2-4-20-44(40)47(43)41-18-8-16-37(29-41)35-14-6-13-34(27-35)36-15-7-17-38(28-36)42-25-23-33-22-21-31-11-5-12-32-24-26-45(42)48(33)46(31)32/h1-30H. The normalized spacial score (nSPS) is 11.8. The van der Waals surface area contributed by atoms with E-state index in [0.717, 1.165) is 0 Å². The molecule has 0 N–H and O–H groups in total. The summed E-state index contributed by atoms with van der Waals surface area (Å²) in [6.45, 7) is 0. The Labute approximate surface area is 279 Å². The lowest BCUT2D eigenvalue weighted by molar-refractivity contribution is 1.58. The van der Waals surface area contributed by atoms with E-state index >= 15 is 0 Å². The first-order valence-corrected chi connectivity index (χ1v) is 16.7. The molecule has 0 unspecified atom stereocenters. The molecular weight excluding hydrogens is 577 g/mol. The summed E-state index contributed by atoms with van der Waals surface area (Å²) in [4.78, 5) is 0. The molecule has 0 fully saturated rings. The molecule has 0 atom stereocenters. The van der Waals surface area contributed by atoms with Crippen LogP contribution in [-0.4, -0.2) is 0 Å². The van der Waals surface area contributed by atoms with E-state index in [4.69, 9.17) is 0 Å². The van der Waals surface area contributed by atoms with Crippen LogP contribution in [0.5, 0.6) is 0 Å². The molecule has 0 aliphatic carbocycles. The molecule has 0 bridgehead atoms. The fourth-order valence-electron chi connectivity index (χ4n) is 7.91. The molecule has 0 radical (unpaired) electrons. The van der Waals surface area contributed by atoms with Gasteiger partial charge in [0.2, 0.25) is 0 Å². The Hall–Kier alpha value is -6.24. The SMILES string of the molecule is c1cc(-c2cccc(-c3c4ccccc4cc4ccccc34)c2)cc(-c2cccc(-c3ccc4ccc5cccc6ccc3c4c56)c2)c1. The summed E-state index contributed by atoms with van der Waals surface area (Å²) >= 11 is 0. The second-order valence-corrected chi connectivity index (χ2v) is 12.9. The Bertz CT molecular complexity index is 2770. The highest BCUT2D eigenvalue weighted by Gasteiger charge is 2.14. The van der Waals surface area contributed by atoms with Crippen molar-refractivity contribution in [2.75, 3.05) is 0 Å². The minimum absolute atomic E-state index is 1.21. The van der Waals surface area contributed by atoms with Gasteiger partial charge in [-0.25, -0.2) is 0 Å². The first-order valence-electron chi connectivity index (χ1n) is 16.7. The van der Waals surface area contributed by atoms with Crippen molar-refractivity contribution in [3.05, 3.63) is 182 Å². The molecule has 0 nitrogen and oxygen atoms in total. The summed E-state index contributed by atoms with van der Waals surface area (Å²) in [5.74, 6) is 0. The average molecular weight is 607 g/mol. The van der Waals surface area contributed by atoms with Crippen LogP contribution >= 0.6 is 0 Å². The van der Waals surface area contributed by atoms with Crippen LogP contribution < -0.4 is 0 Å². The van der Waals surface area contributed by atoms with E-state index in [1.54, 1.807) is 0 Å². The van der Waals surface area contributed by atoms with Crippen LogP contribution in [0.1, 0.15) is 0 Å². The van der Waals surface area contributed by atoms with E-state index in [2.05, 4.69) is 182 Å². The molecule has 10 aromatic rings. The topological polar surface area (TPSA) is 0 Å². The zero-order valence-corrected chi connectivity index (χ0v) is 26.3. The molecule has 222 valence electrons. The van der Waals surface area contributed by atoms with Crippen molar-refractivity contribution >= 4 is 53.9 Å². The predicted molar refractivity (Wildman–Crippen MR) is 207 cm³/mol. The number of hydrogen-bond donors (Lipinski definition) is 0. The summed E-state index contributed by atoms with van der Waals surface area (Å²) in [6.07, 6.45) is 0. The van der Waals surface area contributed by atoms with Crippen molar-refractivity contribution in [1.82, 2.24) is 0 Å². The highest BCUT2D eigenvalue weighted by molar-refractivity contribution is 6.25. The third-order valence-corrected chi connectivity index (χ3v) is 10.2. The molecule has 0 saturated carbocycles. The van der Waals surface area contributed by atoms with Crippen LogP contribution in [0.4, 0.5) is 0 Å². The van der Waals surface area contributed by atoms with E-state index in [0.29, 0.717) is 0 Å². The number of fused-ring (bicyclic) bond motifs is 2. The minimum atomic E-state index is 1.21. The average Bonchev–Trinajstić information content (AvgIpc) is 3.16. The molecular formula is C48H30. The van der Waals surface area contributed by atoms with Gasteiger partial charge in [0.05, 0.1) is 0 Å². The molecule has 0 aromatic heterocycles. The monoisotopic (exact) mass is 606 g/mol. The largest absolute Gasteiger partial charge is 0.0616 e. The lowest BCUT2D eigenvalue weighted by atomic mass is 9.89. The molecule has 0 heteroatoms. The first-order chi connectivity index (χ1) is 23.8. The molecule has 0 aliphatic rings. The van der Waals surface area contributed by atoms with Crippen LogP contribution in [0.2, 0.25) is 0 Å². The van der Waals surface area contributed by atoms with Gasteiger partial charge in [-0.15, -0.1) is 0 Å². The lowest BCUT2D eigenvalue weighted by Gasteiger charge is -2.15. The van der Waals surface area contributed by atoms with Gasteiger partial charge in [0.15, 0.2) is 0 Å². The molecule has 10 aromatic carbocycles. The van der Waals surface area contributed by atoms with Gasteiger partial charge >= 0.3 is 0 Å². The highest BCUT2D eigenvalue weighted by atomic mass is 14.2. The molecule has 0 spiro atoms. The Morgan fingerprint density at radius 2 is 0.667 bits per heavy atom. The van der Waals surface area contributed by atoms with E-state index in [1.165, 1.54) is 98.4 Å². The van der Waals surface area contributed by atoms with Gasteiger partial charge in [-0.2, -0.15) is 0 Å². The molecule has 0 aliphatic heterocycles. The maximum Gasteiger partial charge on any atom is -0.00206 e. The van der Waals surface area contributed by atoms with Gasteiger partial charge in [-0.1, -0.05) is 158 Å². The second-order valence-electron chi connectivity index (χ2n) is 12.9. The van der Waals surface area contributed by atoms with E-state index < -0.39 is 0 Å². The van der Waals surface area contributed by atoms with Gasteiger partial charge in [0, 0.05) is 0 Å². The zero-order valence-electron chi connectivity index (χ0n) is 26.3. The summed E-state index contributed by atoms with van der Waals surface area (Å²) in [5.41, 5.74) is 9.91. The number of rotatable bonds is 4. The van der Waals surface area contributed by atoms with Gasteiger partial charge < -0.3 is 0 Å². The number of hydrogen-bond acceptors (Lipinski definition) is 0. The third kappa shape index (κ3) is 4.24. The van der Waals surface area contributed by atoms with E-state index in [9.17, 15) is 0 Å². The summed E-state index contributed by atoms with van der Waals surface area (Å²) in [7, 11) is 0. The fraction of sp³-hybridized carbons (Fsp3) is 0. The molecule has 48 heavy (non-hydrogen) atoms. The van der Waals surface area contributed by atoms with Crippen LogP contribution in [0.3, 0.4) is 0 Å². The zero-order chi connectivity index (χ0) is 31.6. The Balaban J connectivity index is 1.07. The van der Waals surface area contributed by atoms with Crippen molar-refractivity contribution in [1.29, 1.82) is 0 Å². The van der Waals surface area contributed by atoms with Gasteiger partial charge in [0.25, 0.3) is 0 Å².